The standard InChI is InChI=1S/C11H19NO/c1-8(2)6-9(7-12)10(13)11(3,4)5/h8-9H,6H2,1-5H3. The van der Waals surface area contributed by atoms with E-state index in [0.717, 1.165) is 0 Å². The Kier molecular flexibility index (Phi) is 4.13. The van der Waals surface area contributed by atoms with Crippen molar-refractivity contribution in [2.75, 3.05) is 0 Å². The summed E-state index contributed by atoms with van der Waals surface area (Å²) < 4.78 is 0. The molecule has 0 spiro atoms. The van der Waals surface area contributed by atoms with Gasteiger partial charge in [-0.15, -0.1) is 0 Å². The van der Waals surface area contributed by atoms with Crippen LogP contribution in [0.15, 0.2) is 0 Å². The van der Waals surface area contributed by atoms with E-state index in [0.29, 0.717) is 12.3 Å². The maximum absolute atomic E-state index is 11.7. The van der Waals surface area contributed by atoms with E-state index in [2.05, 4.69) is 6.07 Å². The van der Waals surface area contributed by atoms with E-state index in [9.17, 15) is 4.79 Å². The molecule has 0 radical (unpaired) electrons. The molecule has 0 saturated carbocycles. The summed E-state index contributed by atoms with van der Waals surface area (Å²) in [5.41, 5.74) is -0.394. The van der Waals surface area contributed by atoms with Gasteiger partial charge in [0.1, 0.15) is 5.92 Å². The molecule has 0 saturated heterocycles. The third-order valence-electron chi connectivity index (χ3n) is 1.92. The molecule has 0 N–H and O–H groups in total. The quantitative estimate of drug-likeness (QED) is 0.671. The van der Waals surface area contributed by atoms with Gasteiger partial charge in [-0.05, 0) is 12.3 Å². The second-order valence-corrected chi connectivity index (χ2v) is 4.93. The Morgan fingerprint density at radius 1 is 1.38 bits per heavy atom. The Hall–Kier alpha value is -0.840. The molecule has 0 bridgehead atoms. The number of nitriles is 1. The van der Waals surface area contributed by atoms with Crippen LogP contribution < -0.4 is 0 Å². The number of hydrogen-bond donors (Lipinski definition) is 0. The van der Waals surface area contributed by atoms with E-state index < -0.39 is 11.3 Å². The summed E-state index contributed by atoms with van der Waals surface area (Å²) in [7, 11) is 0. The third-order valence-corrected chi connectivity index (χ3v) is 1.92. The molecule has 0 heterocycles. The highest BCUT2D eigenvalue weighted by Gasteiger charge is 2.29. The number of rotatable bonds is 3. The van der Waals surface area contributed by atoms with Gasteiger partial charge in [0.15, 0.2) is 5.78 Å². The smallest absolute Gasteiger partial charge is 0.155 e. The minimum atomic E-state index is -0.431. The minimum Gasteiger partial charge on any atom is -0.298 e. The summed E-state index contributed by atoms with van der Waals surface area (Å²) in [5.74, 6) is 0.0275. The molecule has 1 unspecified atom stereocenters. The van der Waals surface area contributed by atoms with Gasteiger partial charge in [-0.3, -0.25) is 4.79 Å². The van der Waals surface area contributed by atoms with Gasteiger partial charge in [-0.2, -0.15) is 5.26 Å². The second-order valence-electron chi connectivity index (χ2n) is 4.93. The molecule has 2 heteroatoms. The molecule has 0 amide bonds. The molecule has 2 nitrogen and oxygen atoms in total. The van der Waals surface area contributed by atoms with Crippen molar-refractivity contribution in [3.8, 4) is 6.07 Å². The zero-order valence-electron chi connectivity index (χ0n) is 9.22. The van der Waals surface area contributed by atoms with Gasteiger partial charge in [0.2, 0.25) is 0 Å². The van der Waals surface area contributed by atoms with Crippen LogP contribution in [0.4, 0.5) is 0 Å². The Balaban J connectivity index is 4.45. The normalized spacial score (nSPS) is 13.9. The average molecular weight is 181 g/mol. The van der Waals surface area contributed by atoms with Crippen molar-refractivity contribution < 1.29 is 4.79 Å². The topological polar surface area (TPSA) is 40.9 Å². The number of nitrogens with zero attached hydrogens (tertiary/aromatic N) is 1. The molecule has 0 aromatic rings. The van der Waals surface area contributed by atoms with Crippen LogP contribution in [0.5, 0.6) is 0 Å². The SMILES string of the molecule is CC(C)CC(C#N)C(=O)C(C)(C)C. The van der Waals surface area contributed by atoms with Crippen molar-refractivity contribution in [3.05, 3.63) is 0 Å². The molecule has 0 aromatic heterocycles. The van der Waals surface area contributed by atoms with Crippen LogP contribution in [0.25, 0.3) is 0 Å². The highest BCUT2D eigenvalue weighted by molar-refractivity contribution is 5.87. The van der Waals surface area contributed by atoms with Gasteiger partial charge >= 0.3 is 0 Å². The summed E-state index contributed by atoms with van der Waals surface area (Å²) in [5, 5.41) is 8.84. The van der Waals surface area contributed by atoms with Crippen molar-refractivity contribution >= 4 is 5.78 Å². The van der Waals surface area contributed by atoms with Gasteiger partial charge in [0.05, 0.1) is 6.07 Å². The van der Waals surface area contributed by atoms with Crippen molar-refractivity contribution in [2.24, 2.45) is 17.3 Å². The van der Waals surface area contributed by atoms with Crippen LogP contribution >= 0.6 is 0 Å². The summed E-state index contributed by atoms with van der Waals surface area (Å²) in [6.07, 6.45) is 0.673. The van der Waals surface area contributed by atoms with E-state index in [1.54, 1.807) is 0 Å². The predicted octanol–water partition coefficient (Wildman–Crippen LogP) is 2.79. The second kappa shape index (κ2) is 4.41. The Morgan fingerprint density at radius 3 is 2.08 bits per heavy atom. The maximum Gasteiger partial charge on any atom is 0.155 e. The van der Waals surface area contributed by atoms with Gasteiger partial charge in [0.25, 0.3) is 0 Å². The predicted molar refractivity (Wildman–Crippen MR) is 53.0 cm³/mol. The zero-order valence-corrected chi connectivity index (χ0v) is 9.22. The zero-order chi connectivity index (χ0) is 10.6. The molecule has 0 rings (SSSR count). The first kappa shape index (κ1) is 12.2. The number of hydrogen-bond acceptors (Lipinski definition) is 2. The van der Waals surface area contributed by atoms with E-state index in [-0.39, 0.29) is 5.78 Å². The Bertz CT molecular complexity index is 217. The fraction of sp³-hybridized carbons (Fsp3) is 0.818. The molecule has 0 aliphatic heterocycles. The van der Waals surface area contributed by atoms with E-state index in [1.165, 1.54) is 0 Å². The van der Waals surface area contributed by atoms with Crippen molar-refractivity contribution in [1.29, 1.82) is 5.26 Å². The molecule has 1 atom stereocenters. The van der Waals surface area contributed by atoms with Crippen molar-refractivity contribution in [2.45, 2.75) is 41.0 Å². The first-order valence-electron chi connectivity index (χ1n) is 4.73. The molecule has 0 aliphatic carbocycles. The molecular formula is C11H19NO. The third kappa shape index (κ3) is 4.07. The lowest BCUT2D eigenvalue weighted by Crippen LogP contribution is -2.28. The van der Waals surface area contributed by atoms with E-state index in [4.69, 9.17) is 5.26 Å². The van der Waals surface area contributed by atoms with Crippen molar-refractivity contribution in [1.82, 2.24) is 0 Å². The van der Waals surface area contributed by atoms with Crippen molar-refractivity contribution in [3.63, 3.8) is 0 Å². The van der Waals surface area contributed by atoms with Crippen LogP contribution in [-0.2, 0) is 4.79 Å². The maximum atomic E-state index is 11.7. The van der Waals surface area contributed by atoms with Gasteiger partial charge in [-0.25, -0.2) is 0 Å². The number of ketones is 1. The average Bonchev–Trinajstić information content (AvgIpc) is 1.96. The molecule has 0 aliphatic rings. The number of Topliss-reactive ketones (excluding diaryl/α,β-unsaturated/α-hetero) is 1. The Morgan fingerprint density at radius 2 is 1.85 bits per heavy atom. The fourth-order valence-corrected chi connectivity index (χ4v) is 1.21. The van der Waals surface area contributed by atoms with Crippen LogP contribution in [0.2, 0.25) is 0 Å². The molecular weight excluding hydrogens is 162 g/mol. The molecule has 0 aromatic carbocycles. The van der Waals surface area contributed by atoms with Gasteiger partial charge in [0, 0.05) is 5.41 Å². The summed E-state index contributed by atoms with van der Waals surface area (Å²) in [4.78, 5) is 11.7. The van der Waals surface area contributed by atoms with Crippen LogP contribution in [0.1, 0.15) is 41.0 Å². The summed E-state index contributed by atoms with van der Waals surface area (Å²) in [6.45, 7) is 9.64. The molecule has 0 fully saturated rings. The highest BCUT2D eigenvalue weighted by atomic mass is 16.1. The first-order chi connectivity index (χ1) is 5.79. The number of carbonyl (C=O) groups is 1. The summed E-state index contributed by atoms with van der Waals surface area (Å²) >= 11 is 0. The van der Waals surface area contributed by atoms with Gasteiger partial charge < -0.3 is 0 Å². The van der Waals surface area contributed by atoms with Crippen LogP contribution in [0.3, 0.4) is 0 Å². The van der Waals surface area contributed by atoms with E-state index >= 15 is 0 Å². The first-order valence-corrected chi connectivity index (χ1v) is 4.73. The lowest BCUT2D eigenvalue weighted by molar-refractivity contribution is -0.129. The largest absolute Gasteiger partial charge is 0.298 e. The van der Waals surface area contributed by atoms with Crippen LogP contribution in [0, 0.1) is 28.6 Å². The molecule has 13 heavy (non-hydrogen) atoms. The number of carbonyl (C=O) groups excluding carboxylic acids is 1. The lowest BCUT2D eigenvalue weighted by atomic mass is 9.80. The minimum absolute atomic E-state index is 0.0590. The summed E-state index contributed by atoms with van der Waals surface area (Å²) in [6, 6.07) is 2.09. The van der Waals surface area contributed by atoms with Crippen LogP contribution in [-0.4, -0.2) is 5.78 Å². The monoisotopic (exact) mass is 181 g/mol. The van der Waals surface area contributed by atoms with Gasteiger partial charge in [-0.1, -0.05) is 34.6 Å². The lowest BCUT2D eigenvalue weighted by Gasteiger charge is -2.21. The highest BCUT2D eigenvalue weighted by Crippen LogP contribution is 2.23. The van der Waals surface area contributed by atoms with E-state index in [1.807, 2.05) is 34.6 Å². The fourth-order valence-electron chi connectivity index (χ4n) is 1.21. The Labute approximate surface area is 80.9 Å². The molecule has 74 valence electrons.